The van der Waals surface area contributed by atoms with Crippen LogP contribution in [0.3, 0.4) is 0 Å². The molecule has 132 valence electrons. The summed E-state index contributed by atoms with van der Waals surface area (Å²) < 4.78 is 10.4. The number of aryl methyl sites for hydroxylation is 1. The van der Waals surface area contributed by atoms with Crippen LogP contribution < -0.4 is 20.5 Å². The smallest absolute Gasteiger partial charge is 0.255 e. The van der Waals surface area contributed by atoms with Crippen LogP contribution in [0.1, 0.15) is 15.9 Å². The molecule has 0 saturated heterocycles. The molecule has 8 heteroatoms. The van der Waals surface area contributed by atoms with Crippen molar-refractivity contribution in [3.8, 4) is 11.5 Å². The first-order valence-corrected chi connectivity index (χ1v) is 7.93. The molecule has 0 spiro atoms. The normalized spacial score (nSPS) is 10.2. The fraction of sp³-hybridized carbons (Fsp3) is 0.176. The third-order valence-electron chi connectivity index (χ3n) is 3.22. The number of anilines is 1. The van der Waals surface area contributed by atoms with Gasteiger partial charge in [0, 0.05) is 5.56 Å². The van der Waals surface area contributed by atoms with E-state index in [0.29, 0.717) is 10.7 Å². The van der Waals surface area contributed by atoms with Crippen LogP contribution in [0.25, 0.3) is 0 Å². The van der Waals surface area contributed by atoms with E-state index in [1.165, 1.54) is 19.2 Å². The predicted molar refractivity (Wildman–Crippen MR) is 96.8 cm³/mol. The Balaban J connectivity index is 2.27. The minimum absolute atomic E-state index is 0.112. The number of hydrogen-bond acceptors (Lipinski definition) is 4. The van der Waals surface area contributed by atoms with Gasteiger partial charge in [-0.05, 0) is 36.8 Å². The van der Waals surface area contributed by atoms with Crippen LogP contribution >= 0.6 is 23.2 Å². The number of methoxy groups -OCH3 is 1. The molecule has 0 bridgehead atoms. The molecular weight excluding hydrogens is 367 g/mol. The summed E-state index contributed by atoms with van der Waals surface area (Å²) in [5.74, 6) is -0.747. The Kier molecular flexibility index (Phi) is 6.12. The number of primary amides is 1. The highest BCUT2D eigenvalue weighted by Crippen LogP contribution is 2.36. The molecule has 2 aromatic rings. The molecule has 0 heterocycles. The number of halogens is 2. The van der Waals surface area contributed by atoms with Crippen molar-refractivity contribution in [1.82, 2.24) is 0 Å². The van der Waals surface area contributed by atoms with E-state index in [9.17, 15) is 9.59 Å². The van der Waals surface area contributed by atoms with Gasteiger partial charge in [-0.15, -0.1) is 0 Å². The van der Waals surface area contributed by atoms with Gasteiger partial charge >= 0.3 is 0 Å². The van der Waals surface area contributed by atoms with Crippen LogP contribution in [0.15, 0.2) is 30.3 Å². The lowest BCUT2D eigenvalue weighted by Gasteiger charge is -2.14. The Labute approximate surface area is 154 Å². The molecule has 2 rings (SSSR count). The number of benzene rings is 2. The van der Waals surface area contributed by atoms with Crippen molar-refractivity contribution in [2.75, 3.05) is 19.0 Å². The number of hydrogen-bond donors (Lipinski definition) is 2. The van der Waals surface area contributed by atoms with E-state index in [1.54, 1.807) is 12.1 Å². The second-order valence-corrected chi connectivity index (χ2v) is 6.00. The first-order chi connectivity index (χ1) is 11.8. The maximum Gasteiger partial charge on any atom is 0.255 e. The topological polar surface area (TPSA) is 90.7 Å². The average Bonchev–Trinajstić information content (AvgIpc) is 2.55. The first-order valence-electron chi connectivity index (χ1n) is 7.18. The zero-order chi connectivity index (χ0) is 18.6. The highest BCUT2D eigenvalue weighted by Gasteiger charge is 2.17. The van der Waals surface area contributed by atoms with Crippen LogP contribution in [0, 0.1) is 6.92 Å². The van der Waals surface area contributed by atoms with E-state index in [1.807, 2.05) is 13.0 Å². The van der Waals surface area contributed by atoms with E-state index < -0.39 is 11.8 Å². The fourth-order valence-corrected chi connectivity index (χ4v) is 2.60. The predicted octanol–water partition coefficient (Wildman–Crippen LogP) is 3.43. The Morgan fingerprint density at radius 1 is 1.16 bits per heavy atom. The summed E-state index contributed by atoms with van der Waals surface area (Å²) in [4.78, 5) is 23.3. The lowest BCUT2D eigenvalue weighted by Crippen LogP contribution is -2.20. The standard InChI is InChI=1S/C17H16Cl2N2O4/c1-9-3-4-13(11(18)5-9)21-17(23)10-6-12(19)16(14(7-10)24-2)25-8-15(20)22/h3-7H,8H2,1-2H3,(H2,20,22)(H,21,23). The van der Waals surface area contributed by atoms with Gasteiger partial charge in [-0.3, -0.25) is 9.59 Å². The second kappa shape index (κ2) is 8.09. The van der Waals surface area contributed by atoms with E-state index in [-0.39, 0.29) is 28.7 Å². The van der Waals surface area contributed by atoms with Crippen LogP contribution in [0.5, 0.6) is 11.5 Å². The monoisotopic (exact) mass is 382 g/mol. The average molecular weight is 383 g/mol. The molecule has 3 N–H and O–H groups in total. The lowest BCUT2D eigenvalue weighted by molar-refractivity contribution is -0.119. The molecule has 0 atom stereocenters. The zero-order valence-corrected chi connectivity index (χ0v) is 15.1. The maximum absolute atomic E-state index is 12.5. The Morgan fingerprint density at radius 2 is 1.88 bits per heavy atom. The van der Waals surface area contributed by atoms with Crippen LogP contribution in [-0.2, 0) is 4.79 Å². The van der Waals surface area contributed by atoms with E-state index in [4.69, 9.17) is 38.4 Å². The molecule has 6 nitrogen and oxygen atoms in total. The summed E-state index contributed by atoms with van der Waals surface area (Å²) in [6.45, 7) is 1.54. The van der Waals surface area contributed by atoms with Crippen molar-refractivity contribution in [2.45, 2.75) is 6.92 Å². The summed E-state index contributed by atoms with van der Waals surface area (Å²) in [5, 5.41) is 3.24. The Bertz CT molecular complexity index is 825. The van der Waals surface area contributed by atoms with Crippen molar-refractivity contribution in [3.63, 3.8) is 0 Å². The molecule has 0 fully saturated rings. The third kappa shape index (κ3) is 4.78. The molecule has 2 amide bonds. The Morgan fingerprint density at radius 3 is 2.48 bits per heavy atom. The van der Waals surface area contributed by atoms with Crippen LogP contribution in [0.2, 0.25) is 10.0 Å². The van der Waals surface area contributed by atoms with Gasteiger partial charge in [-0.25, -0.2) is 0 Å². The summed E-state index contributed by atoms with van der Waals surface area (Å²) in [6.07, 6.45) is 0. The Hall–Kier alpha value is -2.44. The quantitative estimate of drug-likeness (QED) is 0.800. The third-order valence-corrected chi connectivity index (χ3v) is 3.82. The molecule has 0 aliphatic heterocycles. The molecule has 2 aromatic carbocycles. The number of carbonyl (C=O) groups excluding carboxylic acids is 2. The minimum Gasteiger partial charge on any atom is -0.493 e. The number of carbonyl (C=O) groups is 2. The zero-order valence-electron chi connectivity index (χ0n) is 13.6. The molecule has 0 radical (unpaired) electrons. The highest BCUT2D eigenvalue weighted by molar-refractivity contribution is 6.34. The highest BCUT2D eigenvalue weighted by atomic mass is 35.5. The van der Waals surface area contributed by atoms with E-state index in [0.717, 1.165) is 5.56 Å². The molecule has 0 aliphatic carbocycles. The van der Waals surface area contributed by atoms with Gasteiger partial charge in [0.15, 0.2) is 18.1 Å². The van der Waals surface area contributed by atoms with Gasteiger partial charge in [0.05, 0.1) is 22.8 Å². The number of nitrogens with two attached hydrogens (primary N) is 1. The number of ether oxygens (including phenoxy) is 2. The molecular formula is C17H16Cl2N2O4. The molecule has 0 saturated carbocycles. The second-order valence-electron chi connectivity index (χ2n) is 5.18. The van der Waals surface area contributed by atoms with Crippen LogP contribution in [0.4, 0.5) is 5.69 Å². The summed E-state index contributed by atoms with van der Waals surface area (Å²) in [5.41, 5.74) is 6.74. The van der Waals surface area contributed by atoms with Crippen LogP contribution in [-0.4, -0.2) is 25.5 Å². The number of nitrogens with one attached hydrogen (secondary N) is 1. The van der Waals surface area contributed by atoms with Crippen molar-refractivity contribution in [1.29, 1.82) is 0 Å². The van der Waals surface area contributed by atoms with E-state index in [2.05, 4.69) is 5.32 Å². The maximum atomic E-state index is 12.5. The van der Waals surface area contributed by atoms with Crippen molar-refractivity contribution >= 4 is 40.7 Å². The summed E-state index contributed by atoms with van der Waals surface area (Å²) >= 11 is 12.3. The van der Waals surface area contributed by atoms with Gasteiger partial charge in [0.1, 0.15) is 0 Å². The van der Waals surface area contributed by atoms with Gasteiger partial charge < -0.3 is 20.5 Å². The SMILES string of the molecule is COc1cc(C(=O)Nc2ccc(C)cc2Cl)cc(Cl)c1OCC(N)=O. The largest absolute Gasteiger partial charge is 0.493 e. The first kappa shape index (κ1) is 18.9. The van der Waals surface area contributed by atoms with E-state index >= 15 is 0 Å². The molecule has 0 aromatic heterocycles. The van der Waals surface area contributed by atoms with Crippen molar-refractivity contribution in [2.24, 2.45) is 5.73 Å². The van der Waals surface area contributed by atoms with Crippen molar-refractivity contribution < 1.29 is 19.1 Å². The molecule has 25 heavy (non-hydrogen) atoms. The summed E-state index contributed by atoms with van der Waals surface area (Å²) in [7, 11) is 1.39. The van der Waals surface area contributed by atoms with Gasteiger partial charge in [0.2, 0.25) is 0 Å². The fourth-order valence-electron chi connectivity index (χ4n) is 2.05. The number of amides is 2. The van der Waals surface area contributed by atoms with Gasteiger partial charge in [-0.1, -0.05) is 29.3 Å². The molecule has 0 unspecified atom stereocenters. The number of rotatable bonds is 6. The minimum atomic E-state index is -0.658. The molecule has 0 aliphatic rings. The summed E-state index contributed by atoms with van der Waals surface area (Å²) in [6, 6.07) is 8.12. The van der Waals surface area contributed by atoms with Crippen molar-refractivity contribution in [3.05, 3.63) is 51.5 Å². The lowest BCUT2D eigenvalue weighted by atomic mass is 10.1. The van der Waals surface area contributed by atoms with Gasteiger partial charge in [-0.2, -0.15) is 0 Å². The van der Waals surface area contributed by atoms with Gasteiger partial charge in [0.25, 0.3) is 11.8 Å².